The van der Waals surface area contributed by atoms with Crippen LogP contribution >= 0.6 is 0 Å². The van der Waals surface area contributed by atoms with Gasteiger partial charge in [0.25, 0.3) is 0 Å². The minimum atomic E-state index is -0.316. The minimum Gasteiger partial charge on any atom is -0.515 e. The Morgan fingerprint density at radius 1 is 1.19 bits per heavy atom. The summed E-state index contributed by atoms with van der Waals surface area (Å²) in [5.74, 6) is 0.155. The lowest BCUT2D eigenvalue weighted by Crippen LogP contribution is -2.15. The van der Waals surface area contributed by atoms with Gasteiger partial charge in [0.15, 0.2) is 5.78 Å². The normalized spacial score (nSPS) is 16.3. The molecule has 0 saturated carbocycles. The third-order valence-electron chi connectivity index (χ3n) is 4.78. The van der Waals surface area contributed by atoms with E-state index in [9.17, 15) is 15.0 Å². The summed E-state index contributed by atoms with van der Waals surface area (Å²) in [6.07, 6.45) is 4.79. The topological polar surface area (TPSA) is 66.8 Å². The number of hydrogen-bond donors (Lipinski definition) is 2. The number of unbranched alkanes of at least 4 members (excludes halogenated alkanes) is 1. The molecule has 3 rings (SSSR count). The number of fused-ring (bicyclic) bond motifs is 1. The van der Waals surface area contributed by atoms with Crippen LogP contribution in [0.4, 0.5) is 0 Å². The molecule has 0 amide bonds. The summed E-state index contributed by atoms with van der Waals surface area (Å²) in [7, 11) is 0. The maximum atomic E-state index is 12.3. The van der Waals surface area contributed by atoms with Crippen molar-refractivity contribution < 1.29 is 19.7 Å². The van der Waals surface area contributed by atoms with Gasteiger partial charge in [-0.15, -0.1) is 0 Å². The lowest BCUT2D eigenvalue weighted by Gasteiger charge is -2.23. The first-order valence-corrected chi connectivity index (χ1v) is 9.09. The fourth-order valence-corrected chi connectivity index (χ4v) is 3.37. The van der Waals surface area contributed by atoms with E-state index in [0.717, 1.165) is 36.7 Å². The summed E-state index contributed by atoms with van der Waals surface area (Å²) >= 11 is 0. The van der Waals surface area contributed by atoms with Gasteiger partial charge in [-0.05, 0) is 42.9 Å². The van der Waals surface area contributed by atoms with E-state index in [1.54, 1.807) is 0 Å². The summed E-state index contributed by atoms with van der Waals surface area (Å²) in [5, 5.41) is 19.5. The van der Waals surface area contributed by atoms with E-state index in [-0.39, 0.29) is 23.2 Å². The molecule has 4 heteroatoms. The number of phenolic OH excluding ortho intramolecular Hbond substituents is 1. The van der Waals surface area contributed by atoms with Crippen LogP contribution in [0.1, 0.15) is 60.2 Å². The van der Waals surface area contributed by atoms with Crippen molar-refractivity contribution in [2.75, 3.05) is 0 Å². The van der Waals surface area contributed by atoms with Crippen LogP contribution < -0.4 is 4.74 Å². The predicted octanol–water partition coefficient (Wildman–Crippen LogP) is 5.27. The Hall–Kier alpha value is -2.75. The molecule has 0 saturated heterocycles. The Balaban J connectivity index is 1.89. The third-order valence-corrected chi connectivity index (χ3v) is 4.78. The second kappa shape index (κ2) is 8.09. The van der Waals surface area contributed by atoms with Crippen LogP contribution in [-0.4, -0.2) is 16.0 Å². The van der Waals surface area contributed by atoms with Crippen molar-refractivity contribution >= 4 is 5.78 Å². The van der Waals surface area contributed by atoms with Crippen molar-refractivity contribution in [1.29, 1.82) is 0 Å². The van der Waals surface area contributed by atoms with Crippen molar-refractivity contribution in [3.63, 3.8) is 0 Å². The summed E-state index contributed by atoms with van der Waals surface area (Å²) < 4.78 is 6.20. The number of aromatic hydroxyl groups is 1. The number of aliphatic hydroxyl groups excluding tert-OH is 1. The van der Waals surface area contributed by atoms with Crippen molar-refractivity contribution in [3.8, 4) is 11.5 Å². The average molecular weight is 352 g/mol. The predicted molar refractivity (Wildman–Crippen MR) is 101 cm³/mol. The monoisotopic (exact) mass is 352 g/mol. The molecule has 2 aromatic rings. The zero-order valence-electron chi connectivity index (χ0n) is 14.9. The highest BCUT2D eigenvalue weighted by atomic mass is 16.5. The Morgan fingerprint density at radius 3 is 2.65 bits per heavy atom. The van der Waals surface area contributed by atoms with Gasteiger partial charge in [-0.25, -0.2) is 0 Å². The van der Waals surface area contributed by atoms with Gasteiger partial charge in [0.2, 0.25) is 0 Å². The van der Waals surface area contributed by atoms with Gasteiger partial charge in [-0.2, -0.15) is 0 Å². The molecule has 0 aromatic heterocycles. The maximum Gasteiger partial charge on any atom is 0.196 e. The van der Waals surface area contributed by atoms with Crippen LogP contribution in [-0.2, 0) is 6.42 Å². The average Bonchev–Trinajstić information content (AvgIpc) is 2.66. The molecule has 2 N–H and O–H groups in total. The molecule has 1 unspecified atom stereocenters. The highest BCUT2D eigenvalue weighted by Gasteiger charge is 2.27. The maximum absolute atomic E-state index is 12.3. The first kappa shape index (κ1) is 18.1. The van der Waals surface area contributed by atoms with Crippen LogP contribution in [0, 0.1) is 0 Å². The molecule has 0 spiro atoms. The molecule has 0 heterocycles. The standard InChI is InChI=1S/C22H24O4/c1-2-3-9-20(15-7-5-4-6-8-15)26-18-12-16-10-11-17(14-23)22(25)21(16)19(24)13-18/h4-8,12-14,20,23-24H,2-3,9-11H2,1H3/b17-14+. The van der Waals surface area contributed by atoms with Crippen LogP contribution in [0.15, 0.2) is 54.3 Å². The molecule has 0 bridgehead atoms. The zero-order valence-corrected chi connectivity index (χ0v) is 14.9. The molecule has 0 aliphatic heterocycles. The Bertz CT molecular complexity index is 808. The van der Waals surface area contributed by atoms with E-state index in [1.807, 2.05) is 36.4 Å². The van der Waals surface area contributed by atoms with Crippen LogP contribution in [0.25, 0.3) is 0 Å². The third kappa shape index (κ3) is 3.74. The van der Waals surface area contributed by atoms with Gasteiger partial charge in [0.1, 0.15) is 17.6 Å². The first-order chi connectivity index (χ1) is 12.6. The van der Waals surface area contributed by atoms with Crippen molar-refractivity contribution in [2.24, 2.45) is 0 Å². The number of ketones is 1. The lowest BCUT2D eigenvalue weighted by atomic mass is 9.86. The van der Waals surface area contributed by atoms with E-state index in [4.69, 9.17) is 4.74 Å². The fourth-order valence-electron chi connectivity index (χ4n) is 3.37. The summed E-state index contributed by atoms with van der Waals surface area (Å²) in [5.41, 5.74) is 2.46. The Morgan fingerprint density at radius 2 is 1.96 bits per heavy atom. The summed E-state index contributed by atoms with van der Waals surface area (Å²) in [6.45, 7) is 2.14. The molecule has 4 nitrogen and oxygen atoms in total. The molecule has 26 heavy (non-hydrogen) atoms. The van der Waals surface area contributed by atoms with Gasteiger partial charge in [-0.3, -0.25) is 4.79 Å². The highest BCUT2D eigenvalue weighted by molar-refractivity contribution is 6.12. The van der Waals surface area contributed by atoms with Crippen molar-refractivity contribution in [3.05, 3.63) is 71.0 Å². The van der Waals surface area contributed by atoms with E-state index in [2.05, 4.69) is 6.92 Å². The zero-order chi connectivity index (χ0) is 18.5. The van der Waals surface area contributed by atoms with Gasteiger partial charge in [-0.1, -0.05) is 43.7 Å². The van der Waals surface area contributed by atoms with Gasteiger partial charge in [0, 0.05) is 11.6 Å². The van der Waals surface area contributed by atoms with E-state index < -0.39 is 0 Å². The molecule has 0 radical (unpaired) electrons. The lowest BCUT2D eigenvalue weighted by molar-refractivity contribution is 0.101. The van der Waals surface area contributed by atoms with Crippen LogP contribution in [0.5, 0.6) is 11.5 Å². The number of carbonyl (C=O) groups is 1. The number of rotatable bonds is 6. The second-order valence-corrected chi connectivity index (χ2v) is 6.62. The highest BCUT2D eigenvalue weighted by Crippen LogP contribution is 2.37. The molecule has 1 aliphatic carbocycles. The van der Waals surface area contributed by atoms with E-state index in [1.165, 1.54) is 6.07 Å². The number of aryl methyl sites for hydroxylation is 1. The van der Waals surface area contributed by atoms with Gasteiger partial charge in [0.05, 0.1) is 11.8 Å². The molecule has 1 atom stereocenters. The van der Waals surface area contributed by atoms with Gasteiger partial charge < -0.3 is 14.9 Å². The second-order valence-electron chi connectivity index (χ2n) is 6.62. The smallest absolute Gasteiger partial charge is 0.196 e. The number of carbonyl (C=O) groups excluding carboxylic acids is 1. The molecule has 0 fully saturated rings. The SMILES string of the molecule is CCCCC(Oc1cc(O)c2c(c1)CC/C(=C\O)C2=O)c1ccccc1. The Kier molecular flexibility index (Phi) is 5.61. The molecule has 2 aromatic carbocycles. The first-order valence-electron chi connectivity index (χ1n) is 9.09. The Labute approximate surface area is 153 Å². The fraction of sp³-hybridized carbons (Fsp3) is 0.318. The van der Waals surface area contributed by atoms with Crippen LogP contribution in [0.3, 0.4) is 0 Å². The van der Waals surface area contributed by atoms with Crippen molar-refractivity contribution in [1.82, 2.24) is 0 Å². The number of ether oxygens (including phenoxy) is 1. The molecular weight excluding hydrogens is 328 g/mol. The quantitative estimate of drug-likeness (QED) is 0.549. The molecule has 136 valence electrons. The van der Waals surface area contributed by atoms with Crippen molar-refractivity contribution in [2.45, 2.75) is 45.1 Å². The number of hydrogen-bond acceptors (Lipinski definition) is 4. The molecular formula is C22H24O4. The summed E-state index contributed by atoms with van der Waals surface area (Å²) in [4.78, 5) is 12.3. The number of benzene rings is 2. The number of aliphatic hydroxyl groups is 1. The van der Waals surface area contributed by atoms with Gasteiger partial charge >= 0.3 is 0 Å². The molecule has 1 aliphatic rings. The van der Waals surface area contributed by atoms with E-state index in [0.29, 0.717) is 24.2 Å². The number of Topliss-reactive ketones (excluding diaryl/α,β-unsaturated/α-hetero) is 1. The van der Waals surface area contributed by atoms with Crippen LogP contribution in [0.2, 0.25) is 0 Å². The minimum absolute atomic E-state index is 0.0937. The van der Waals surface area contributed by atoms with E-state index >= 15 is 0 Å². The number of phenols is 1. The largest absolute Gasteiger partial charge is 0.515 e. The summed E-state index contributed by atoms with van der Waals surface area (Å²) in [6, 6.07) is 13.4. The number of allylic oxidation sites excluding steroid dienone is 1.